The lowest BCUT2D eigenvalue weighted by atomic mass is 10.2. The van der Waals surface area contributed by atoms with Crippen molar-refractivity contribution in [3.63, 3.8) is 0 Å². The van der Waals surface area contributed by atoms with Crippen molar-refractivity contribution in [3.05, 3.63) is 23.8 Å². The Labute approximate surface area is 66.7 Å². The third kappa shape index (κ3) is 2.63. The van der Waals surface area contributed by atoms with Gasteiger partial charge in [0.05, 0.1) is 11.4 Å². The summed E-state index contributed by atoms with van der Waals surface area (Å²) in [6.07, 6.45) is 4.34. The van der Waals surface area contributed by atoms with Gasteiger partial charge in [0.2, 0.25) is 0 Å². The number of rotatable bonds is 2. The summed E-state index contributed by atoms with van der Waals surface area (Å²) in [7, 11) is 0. The van der Waals surface area contributed by atoms with E-state index in [1.54, 1.807) is 12.4 Å². The van der Waals surface area contributed by atoms with Crippen molar-refractivity contribution in [1.82, 2.24) is 9.97 Å². The fourth-order valence-electron chi connectivity index (χ4n) is 0.855. The van der Waals surface area contributed by atoms with Gasteiger partial charge in [-0.05, 0) is 13.8 Å². The zero-order valence-electron chi connectivity index (χ0n) is 6.91. The number of nitrogens with zero attached hydrogens (tertiary/aromatic N) is 2. The molecule has 3 nitrogen and oxygen atoms in total. The first-order chi connectivity index (χ1) is 5.18. The van der Waals surface area contributed by atoms with Gasteiger partial charge >= 0.3 is 0 Å². The molecule has 1 rings (SSSR count). The summed E-state index contributed by atoms with van der Waals surface area (Å²) in [5.74, 6) is 0. The Hall–Kier alpha value is -0.960. The van der Waals surface area contributed by atoms with Crippen LogP contribution >= 0.6 is 0 Å². The fourth-order valence-corrected chi connectivity index (χ4v) is 0.855. The highest BCUT2D eigenvalue weighted by atomic mass is 14.8. The van der Waals surface area contributed by atoms with Crippen LogP contribution in [-0.4, -0.2) is 16.0 Å². The van der Waals surface area contributed by atoms with Crippen LogP contribution in [0.5, 0.6) is 0 Å². The van der Waals surface area contributed by atoms with E-state index in [9.17, 15) is 0 Å². The Kier molecular flexibility index (Phi) is 2.54. The van der Waals surface area contributed by atoms with Gasteiger partial charge < -0.3 is 5.73 Å². The summed E-state index contributed by atoms with van der Waals surface area (Å²) in [6.45, 7) is 3.88. The monoisotopic (exact) mass is 151 g/mol. The molecule has 1 heterocycles. The van der Waals surface area contributed by atoms with Crippen molar-refractivity contribution in [2.24, 2.45) is 5.73 Å². The van der Waals surface area contributed by atoms with Gasteiger partial charge in [-0.1, -0.05) is 0 Å². The summed E-state index contributed by atoms with van der Waals surface area (Å²) in [4.78, 5) is 8.29. The van der Waals surface area contributed by atoms with Crippen LogP contribution in [0.3, 0.4) is 0 Å². The predicted molar refractivity (Wildman–Crippen MR) is 44.1 cm³/mol. The molecule has 0 bridgehead atoms. The molecular weight excluding hydrogens is 138 g/mol. The number of nitrogens with two attached hydrogens (primary N) is 1. The van der Waals surface area contributed by atoms with Crippen molar-refractivity contribution >= 4 is 0 Å². The number of hydrogen-bond acceptors (Lipinski definition) is 3. The van der Waals surface area contributed by atoms with Gasteiger partial charge in [0.25, 0.3) is 0 Å². The Morgan fingerprint density at radius 2 is 2.18 bits per heavy atom. The minimum atomic E-state index is 0.159. The topological polar surface area (TPSA) is 51.8 Å². The first-order valence-electron chi connectivity index (χ1n) is 3.71. The lowest BCUT2D eigenvalue weighted by Gasteiger charge is -2.02. The molecular formula is C8H13N3. The van der Waals surface area contributed by atoms with Gasteiger partial charge in [-0.3, -0.25) is 9.97 Å². The highest BCUT2D eigenvalue weighted by molar-refractivity contribution is 5.01. The first-order valence-corrected chi connectivity index (χ1v) is 3.71. The average Bonchev–Trinajstić information content (AvgIpc) is 1.93. The number of aromatic nitrogens is 2. The maximum Gasteiger partial charge on any atom is 0.0602 e. The van der Waals surface area contributed by atoms with Gasteiger partial charge in [-0.2, -0.15) is 0 Å². The quantitative estimate of drug-likeness (QED) is 0.676. The molecule has 0 fully saturated rings. The minimum absolute atomic E-state index is 0.159. The third-order valence-electron chi connectivity index (χ3n) is 1.37. The molecule has 60 valence electrons. The molecule has 0 saturated heterocycles. The smallest absolute Gasteiger partial charge is 0.0602 e. The second kappa shape index (κ2) is 3.44. The van der Waals surface area contributed by atoms with Crippen LogP contribution in [0.2, 0.25) is 0 Å². The van der Waals surface area contributed by atoms with E-state index in [1.165, 1.54) is 0 Å². The SMILES string of the molecule is Cc1cnc(C[C@@H](C)N)cn1. The van der Waals surface area contributed by atoms with Crippen molar-refractivity contribution in [2.75, 3.05) is 0 Å². The van der Waals surface area contributed by atoms with Gasteiger partial charge in [-0.15, -0.1) is 0 Å². The van der Waals surface area contributed by atoms with Crippen LogP contribution in [0.4, 0.5) is 0 Å². The van der Waals surface area contributed by atoms with Crippen LogP contribution in [0.1, 0.15) is 18.3 Å². The van der Waals surface area contributed by atoms with Crippen LogP contribution in [-0.2, 0) is 6.42 Å². The summed E-state index contributed by atoms with van der Waals surface area (Å²) < 4.78 is 0. The Balaban J connectivity index is 2.66. The molecule has 3 heteroatoms. The summed E-state index contributed by atoms with van der Waals surface area (Å²) >= 11 is 0. The van der Waals surface area contributed by atoms with Crippen molar-refractivity contribution in [1.29, 1.82) is 0 Å². The maximum atomic E-state index is 5.59. The number of hydrogen-bond donors (Lipinski definition) is 1. The van der Waals surface area contributed by atoms with E-state index in [0.29, 0.717) is 0 Å². The van der Waals surface area contributed by atoms with Gasteiger partial charge in [-0.25, -0.2) is 0 Å². The molecule has 1 aromatic rings. The molecule has 0 aliphatic heterocycles. The molecule has 0 amide bonds. The summed E-state index contributed by atoms with van der Waals surface area (Å²) in [5.41, 5.74) is 7.50. The highest BCUT2D eigenvalue weighted by Gasteiger charge is 1.98. The van der Waals surface area contributed by atoms with E-state index >= 15 is 0 Å². The van der Waals surface area contributed by atoms with E-state index in [1.807, 2.05) is 13.8 Å². The molecule has 0 aliphatic carbocycles. The van der Waals surface area contributed by atoms with Crippen LogP contribution < -0.4 is 5.73 Å². The molecule has 11 heavy (non-hydrogen) atoms. The zero-order chi connectivity index (χ0) is 8.27. The fraction of sp³-hybridized carbons (Fsp3) is 0.500. The highest BCUT2D eigenvalue weighted by Crippen LogP contribution is 1.96. The maximum absolute atomic E-state index is 5.59. The van der Waals surface area contributed by atoms with Crippen molar-refractivity contribution in [3.8, 4) is 0 Å². The lowest BCUT2D eigenvalue weighted by Crippen LogP contribution is -2.18. The second-order valence-electron chi connectivity index (χ2n) is 2.83. The van der Waals surface area contributed by atoms with Crippen molar-refractivity contribution < 1.29 is 0 Å². The van der Waals surface area contributed by atoms with E-state index < -0.39 is 0 Å². The van der Waals surface area contributed by atoms with E-state index in [2.05, 4.69) is 9.97 Å². The minimum Gasteiger partial charge on any atom is -0.328 e. The van der Waals surface area contributed by atoms with E-state index in [0.717, 1.165) is 17.8 Å². The van der Waals surface area contributed by atoms with Crippen molar-refractivity contribution in [2.45, 2.75) is 26.3 Å². The van der Waals surface area contributed by atoms with Gasteiger partial charge in [0, 0.05) is 24.9 Å². The van der Waals surface area contributed by atoms with Crippen LogP contribution in [0, 0.1) is 6.92 Å². The summed E-state index contributed by atoms with van der Waals surface area (Å²) in [6, 6.07) is 0.159. The molecule has 0 radical (unpaired) electrons. The lowest BCUT2D eigenvalue weighted by molar-refractivity contribution is 0.717. The second-order valence-corrected chi connectivity index (χ2v) is 2.83. The van der Waals surface area contributed by atoms with E-state index in [-0.39, 0.29) is 6.04 Å². The zero-order valence-corrected chi connectivity index (χ0v) is 6.91. The molecule has 0 spiro atoms. The largest absolute Gasteiger partial charge is 0.328 e. The summed E-state index contributed by atoms with van der Waals surface area (Å²) in [5, 5.41) is 0. The standard InChI is InChI=1S/C8H13N3/c1-6(9)3-8-5-10-7(2)4-11-8/h4-6H,3,9H2,1-2H3/t6-/m1/s1. The molecule has 1 aromatic heterocycles. The average molecular weight is 151 g/mol. The van der Waals surface area contributed by atoms with Crippen LogP contribution in [0.15, 0.2) is 12.4 Å². The Morgan fingerprint density at radius 1 is 1.45 bits per heavy atom. The molecule has 0 aromatic carbocycles. The predicted octanol–water partition coefficient (Wildman–Crippen LogP) is 0.675. The normalized spacial score (nSPS) is 13.0. The van der Waals surface area contributed by atoms with E-state index in [4.69, 9.17) is 5.73 Å². The van der Waals surface area contributed by atoms with Gasteiger partial charge in [0.15, 0.2) is 0 Å². The molecule has 0 saturated carbocycles. The van der Waals surface area contributed by atoms with Gasteiger partial charge in [0.1, 0.15) is 0 Å². The third-order valence-corrected chi connectivity index (χ3v) is 1.37. The molecule has 2 N–H and O–H groups in total. The molecule has 1 atom stereocenters. The molecule has 0 aliphatic rings. The van der Waals surface area contributed by atoms with Crippen LogP contribution in [0.25, 0.3) is 0 Å². The number of aryl methyl sites for hydroxylation is 1. The Bertz CT molecular complexity index is 215. The molecule has 0 unspecified atom stereocenters. The Morgan fingerprint density at radius 3 is 2.64 bits per heavy atom. The first kappa shape index (κ1) is 8.14.